The number of aryl methyl sites for hydroxylation is 1. The molecule has 0 atom stereocenters. The molecule has 0 unspecified atom stereocenters. The number of carbonyl (C=O) groups is 1. The third-order valence-corrected chi connectivity index (χ3v) is 7.75. The topological polar surface area (TPSA) is 115 Å². The summed E-state index contributed by atoms with van der Waals surface area (Å²) in [6, 6.07) is 21.6. The minimum Gasteiger partial charge on any atom is -0.493 e. The van der Waals surface area contributed by atoms with Crippen molar-refractivity contribution >= 4 is 28.7 Å². The van der Waals surface area contributed by atoms with Crippen molar-refractivity contribution in [1.82, 2.24) is 24.8 Å². The second kappa shape index (κ2) is 12.4. The lowest BCUT2D eigenvalue weighted by Crippen LogP contribution is -2.47. The summed E-state index contributed by atoms with van der Waals surface area (Å²) in [5.41, 5.74) is 3.06. The van der Waals surface area contributed by atoms with Crippen molar-refractivity contribution in [3.05, 3.63) is 106 Å². The zero-order valence-corrected chi connectivity index (χ0v) is 24.9. The zero-order chi connectivity index (χ0) is 30.6. The monoisotopic (exact) mass is 591 g/mol. The molecule has 5 aromatic rings. The number of nitrogens with one attached hydrogen (secondary N) is 1. The highest BCUT2D eigenvalue weighted by Crippen LogP contribution is 2.27. The Bertz CT molecular complexity index is 1850. The van der Waals surface area contributed by atoms with Crippen LogP contribution in [0.3, 0.4) is 0 Å². The Hall–Kier alpha value is -5.45. The second-order valence-corrected chi connectivity index (χ2v) is 10.4. The Morgan fingerprint density at radius 1 is 0.864 bits per heavy atom. The summed E-state index contributed by atoms with van der Waals surface area (Å²) in [7, 11) is 3.15. The van der Waals surface area contributed by atoms with Crippen LogP contribution in [0.5, 0.6) is 11.5 Å². The van der Waals surface area contributed by atoms with Crippen molar-refractivity contribution in [1.29, 1.82) is 0 Å². The maximum atomic E-state index is 13.2. The van der Waals surface area contributed by atoms with Crippen LogP contribution in [0.25, 0.3) is 16.7 Å². The van der Waals surface area contributed by atoms with Gasteiger partial charge >= 0.3 is 0 Å². The molecular formula is C33H33N7O4. The van der Waals surface area contributed by atoms with Gasteiger partial charge in [-0.3, -0.25) is 14.2 Å². The van der Waals surface area contributed by atoms with E-state index in [4.69, 9.17) is 19.4 Å². The molecule has 11 nitrogen and oxygen atoms in total. The number of benzene rings is 2. The molecule has 44 heavy (non-hydrogen) atoms. The number of piperazine rings is 1. The van der Waals surface area contributed by atoms with Gasteiger partial charge in [0.05, 0.1) is 25.6 Å². The highest BCUT2D eigenvalue weighted by molar-refractivity contribution is 5.94. The van der Waals surface area contributed by atoms with E-state index >= 15 is 0 Å². The lowest BCUT2D eigenvalue weighted by molar-refractivity contribution is 0.0951. The van der Waals surface area contributed by atoms with E-state index in [1.807, 2.05) is 37.3 Å². The molecule has 0 spiro atoms. The SMILES string of the molecule is COc1ccc(CNC(=O)c2ccc(-n3c(=O)ccc4c(C)nc(N5CCN(c6ccccn6)CC5)nc43)cc2)cc1OC. The number of rotatable bonds is 8. The third kappa shape index (κ3) is 5.76. The van der Waals surface area contributed by atoms with Gasteiger partial charge in [0.25, 0.3) is 11.5 Å². The summed E-state index contributed by atoms with van der Waals surface area (Å²) in [6.45, 7) is 5.28. The summed E-state index contributed by atoms with van der Waals surface area (Å²) >= 11 is 0. The standard InChI is InChI=1S/C33H33N7O4/c1-22-26-12-14-30(41)40(31(26)37-33(36-22)39-18-16-38(17-19-39)29-6-4-5-15-34-29)25-10-8-24(9-11-25)32(42)35-21-23-7-13-27(43-2)28(20-23)44-3/h4-15,20H,16-19,21H2,1-3H3,(H,35,42). The first-order valence-corrected chi connectivity index (χ1v) is 14.4. The van der Waals surface area contributed by atoms with Crippen molar-refractivity contribution in [2.45, 2.75) is 13.5 Å². The number of hydrogen-bond donors (Lipinski definition) is 1. The van der Waals surface area contributed by atoms with Gasteiger partial charge < -0.3 is 24.6 Å². The molecule has 11 heteroatoms. The lowest BCUT2D eigenvalue weighted by atomic mass is 10.1. The highest BCUT2D eigenvalue weighted by atomic mass is 16.5. The van der Waals surface area contributed by atoms with Gasteiger partial charge in [0.1, 0.15) is 5.82 Å². The van der Waals surface area contributed by atoms with Crippen molar-refractivity contribution in [3.63, 3.8) is 0 Å². The van der Waals surface area contributed by atoms with Crippen LogP contribution in [0, 0.1) is 6.92 Å². The normalized spacial score (nSPS) is 13.2. The molecular weight excluding hydrogens is 558 g/mol. The van der Waals surface area contributed by atoms with Crippen molar-refractivity contribution in [2.24, 2.45) is 0 Å². The summed E-state index contributed by atoms with van der Waals surface area (Å²) < 4.78 is 12.2. The van der Waals surface area contributed by atoms with Crippen LogP contribution in [0.4, 0.5) is 11.8 Å². The Morgan fingerprint density at radius 2 is 1.61 bits per heavy atom. The number of ether oxygens (including phenoxy) is 2. The van der Waals surface area contributed by atoms with Crippen LogP contribution in [0.15, 0.2) is 83.8 Å². The first kappa shape index (κ1) is 28.7. The van der Waals surface area contributed by atoms with E-state index in [2.05, 4.69) is 20.1 Å². The van der Waals surface area contributed by atoms with E-state index in [0.29, 0.717) is 40.9 Å². The van der Waals surface area contributed by atoms with Crippen LogP contribution in [-0.4, -0.2) is 65.8 Å². The maximum Gasteiger partial charge on any atom is 0.256 e. The highest BCUT2D eigenvalue weighted by Gasteiger charge is 2.22. The molecule has 1 aliphatic rings. The Kier molecular flexibility index (Phi) is 8.09. The van der Waals surface area contributed by atoms with Crippen molar-refractivity contribution in [3.8, 4) is 17.2 Å². The predicted octanol–water partition coefficient (Wildman–Crippen LogP) is 3.76. The Balaban J connectivity index is 1.21. The molecule has 0 saturated carbocycles. The summed E-state index contributed by atoms with van der Waals surface area (Å²) in [5.74, 6) is 2.52. The van der Waals surface area contributed by atoms with E-state index < -0.39 is 0 Å². The molecule has 4 heterocycles. The summed E-state index contributed by atoms with van der Waals surface area (Å²) in [4.78, 5) is 44.6. The fourth-order valence-corrected chi connectivity index (χ4v) is 5.36. The molecule has 0 radical (unpaired) electrons. The first-order valence-electron chi connectivity index (χ1n) is 14.4. The van der Waals surface area contributed by atoms with Gasteiger partial charge in [0.15, 0.2) is 17.1 Å². The molecule has 224 valence electrons. The minimum atomic E-state index is -0.234. The van der Waals surface area contributed by atoms with Gasteiger partial charge in [-0.15, -0.1) is 0 Å². The van der Waals surface area contributed by atoms with Gasteiger partial charge in [-0.05, 0) is 67.1 Å². The number of fused-ring (bicyclic) bond motifs is 1. The summed E-state index contributed by atoms with van der Waals surface area (Å²) in [5, 5.41) is 3.72. The third-order valence-electron chi connectivity index (χ3n) is 7.75. The largest absolute Gasteiger partial charge is 0.493 e. The van der Waals surface area contributed by atoms with Crippen LogP contribution in [0.2, 0.25) is 0 Å². The van der Waals surface area contributed by atoms with Gasteiger partial charge in [-0.2, -0.15) is 4.98 Å². The van der Waals surface area contributed by atoms with E-state index in [0.717, 1.165) is 48.6 Å². The number of aromatic nitrogens is 4. The molecule has 1 saturated heterocycles. The van der Waals surface area contributed by atoms with E-state index in [-0.39, 0.29) is 11.5 Å². The van der Waals surface area contributed by atoms with E-state index in [1.54, 1.807) is 61.4 Å². The number of hydrogen-bond acceptors (Lipinski definition) is 9. The molecule has 1 aliphatic heterocycles. The van der Waals surface area contributed by atoms with Crippen LogP contribution in [-0.2, 0) is 6.54 Å². The fraction of sp³-hybridized carbons (Fsp3) is 0.242. The fourth-order valence-electron chi connectivity index (χ4n) is 5.36. The lowest BCUT2D eigenvalue weighted by Gasteiger charge is -2.35. The van der Waals surface area contributed by atoms with Crippen LogP contribution in [0.1, 0.15) is 21.6 Å². The second-order valence-electron chi connectivity index (χ2n) is 10.4. The first-order chi connectivity index (χ1) is 21.4. The number of nitrogens with zero attached hydrogens (tertiary/aromatic N) is 6. The number of amides is 1. The maximum absolute atomic E-state index is 13.2. The predicted molar refractivity (Wildman–Crippen MR) is 169 cm³/mol. The molecule has 0 aliphatic carbocycles. The van der Waals surface area contributed by atoms with Crippen molar-refractivity contribution in [2.75, 3.05) is 50.2 Å². The molecule has 3 aromatic heterocycles. The minimum absolute atomic E-state index is 0.216. The number of pyridine rings is 2. The smallest absolute Gasteiger partial charge is 0.256 e. The molecule has 1 amide bonds. The molecule has 1 N–H and O–H groups in total. The van der Waals surface area contributed by atoms with Crippen LogP contribution < -0.4 is 30.1 Å². The number of anilines is 2. The average Bonchev–Trinajstić information content (AvgIpc) is 3.07. The molecule has 1 fully saturated rings. The molecule has 0 bridgehead atoms. The van der Waals surface area contributed by atoms with Gasteiger partial charge in [0.2, 0.25) is 5.95 Å². The number of methoxy groups -OCH3 is 2. The molecule has 6 rings (SSSR count). The van der Waals surface area contributed by atoms with Gasteiger partial charge in [-0.25, -0.2) is 9.97 Å². The summed E-state index contributed by atoms with van der Waals surface area (Å²) in [6.07, 6.45) is 1.80. The van der Waals surface area contributed by atoms with E-state index in [1.165, 1.54) is 6.07 Å². The molecule has 2 aromatic carbocycles. The van der Waals surface area contributed by atoms with E-state index in [9.17, 15) is 9.59 Å². The van der Waals surface area contributed by atoms with Crippen molar-refractivity contribution < 1.29 is 14.3 Å². The van der Waals surface area contributed by atoms with Gasteiger partial charge in [0, 0.05) is 55.9 Å². The zero-order valence-electron chi connectivity index (χ0n) is 24.9. The van der Waals surface area contributed by atoms with Crippen LogP contribution >= 0.6 is 0 Å². The average molecular weight is 592 g/mol. The van der Waals surface area contributed by atoms with Gasteiger partial charge in [-0.1, -0.05) is 12.1 Å². The Morgan fingerprint density at radius 3 is 2.32 bits per heavy atom. The quantitative estimate of drug-likeness (QED) is 0.288. The number of carbonyl (C=O) groups excluding carboxylic acids is 1. The Labute approximate surface area is 254 Å².